The first-order valence-corrected chi connectivity index (χ1v) is 6.83. The lowest BCUT2D eigenvalue weighted by atomic mass is 9.97. The van der Waals surface area contributed by atoms with Crippen molar-refractivity contribution in [3.63, 3.8) is 0 Å². The van der Waals surface area contributed by atoms with Gasteiger partial charge in [0.05, 0.1) is 10.6 Å². The summed E-state index contributed by atoms with van der Waals surface area (Å²) in [5.41, 5.74) is 0.279. The number of aliphatic hydroxyl groups is 1. The van der Waals surface area contributed by atoms with Gasteiger partial charge in [0.15, 0.2) is 0 Å². The van der Waals surface area contributed by atoms with Crippen LogP contribution in [0.15, 0.2) is 18.2 Å². The summed E-state index contributed by atoms with van der Waals surface area (Å²) in [6.07, 6.45) is 3.11. The van der Waals surface area contributed by atoms with Crippen LogP contribution in [0.1, 0.15) is 29.6 Å². The Bertz CT molecular complexity index is 467. The normalized spacial score (nSPS) is 22.5. The van der Waals surface area contributed by atoms with E-state index in [1.54, 1.807) is 0 Å². The monoisotopic (exact) mass is 285 g/mol. The summed E-state index contributed by atoms with van der Waals surface area (Å²) in [5.74, 6) is -0.177. The standard InChI is InChI=1S/C14H17ClFNO2/c15-13-6-11(16)4-5-12(13)14(19)17-7-9-2-1-3-10(9)8-18/h4-6,9-10,18H,1-3,7-8H2,(H,17,19). The van der Waals surface area contributed by atoms with Gasteiger partial charge < -0.3 is 10.4 Å². The second-order valence-corrected chi connectivity index (χ2v) is 5.38. The Morgan fingerprint density at radius 1 is 1.42 bits per heavy atom. The third kappa shape index (κ3) is 3.45. The number of carbonyl (C=O) groups is 1. The quantitative estimate of drug-likeness (QED) is 0.893. The third-order valence-electron chi connectivity index (χ3n) is 3.75. The molecule has 2 N–H and O–H groups in total. The topological polar surface area (TPSA) is 49.3 Å². The molecule has 2 rings (SSSR count). The number of hydrogen-bond donors (Lipinski definition) is 2. The average Bonchev–Trinajstić information content (AvgIpc) is 2.83. The lowest BCUT2D eigenvalue weighted by molar-refractivity contribution is 0.0938. The van der Waals surface area contributed by atoms with Crippen molar-refractivity contribution < 1.29 is 14.3 Å². The maximum Gasteiger partial charge on any atom is 0.252 e. The molecule has 1 saturated carbocycles. The van der Waals surface area contributed by atoms with Crippen LogP contribution in [-0.4, -0.2) is 24.2 Å². The SMILES string of the molecule is O=C(NCC1CCCC1CO)c1ccc(F)cc1Cl. The van der Waals surface area contributed by atoms with E-state index in [0.29, 0.717) is 12.5 Å². The molecule has 0 aliphatic heterocycles. The maximum absolute atomic E-state index is 12.9. The van der Waals surface area contributed by atoms with Gasteiger partial charge in [0, 0.05) is 13.2 Å². The van der Waals surface area contributed by atoms with E-state index >= 15 is 0 Å². The maximum atomic E-state index is 12.9. The third-order valence-corrected chi connectivity index (χ3v) is 4.06. The number of rotatable bonds is 4. The summed E-state index contributed by atoms with van der Waals surface area (Å²) < 4.78 is 12.9. The van der Waals surface area contributed by atoms with Crippen LogP contribution < -0.4 is 5.32 Å². The second-order valence-electron chi connectivity index (χ2n) is 4.97. The summed E-state index contributed by atoms with van der Waals surface area (Å²) in [7, 11) is 0. The molecule has 0 saturated heterocycles. The zero-order chi connectivity index (χ0) is 13.8. The molecule has 3 nitrogen and oxygen atoms in total. The Hall–Kier alpha value is -1.13. The Morgan fingerprint density at radius 3 is 2.84 bits per heavy atom. The molecule has 1 aromatic carbocycles. The van der Waals surface area contributed by atoms with E-state index in [4.69, 9.17) is 11.6 Å². The largest absolute Gasteiger partial charge is 0.396 e. The van der Waals surface area contributed by atoms with Gasteiger partial charge in [-0.3, -0.25) is 4.79 Å². The molecule has 5 heteroatoms. The summed E-state index contributed by atoms with van der Waals surface area (Å²) in [5, 5.41) is 12.1. The highest BCUT2D eigenvalue weighted by molar-refractivity contribution is 6.33. The summed E-state index contributed by atoms with van der Waals surface area (Å²) in [6.45, 7) is 0.690. The fourth-order valence-electron chi connectivity index (χ4n) is 2.62. The van der Waals surface area contributed by atoms with Crippen molar-refractivity contribution in [2.75, 3.05) is 13.2 Å². The Kier molecular flexibility index (Phi) is 4.77. The number of nitrogens with one attached hydrogen (secondary N) is 1. The molecule has 1 aromatic rings. The molecule has 1 aliphatic rings. The van der Waals surface area contributed by atoms with Crippen molar-refractivity contribution in [3.8, 4) is 0 Å². The molecule has 2 atom stereocenters. The van der Waals surface area contributed by atoms with Crippen molar-refractivity contribution in [2.45, 2.75) is 19.3 Å². The van der Waals surface area contributed by atoms with E-state index in [1.165, 1.54) is 12.1 Å². The Balaban J connectivity index is 1.94. The first-order chi connectivity index (χ1) is 9.11. The van der Waals surface area contributed by atoms with Crippen molar-refractivity contribution in [3.05, 3.63) is 34.6 Å². The highest BCUT2D eigenvalue weighted by Gasteiger charge is 2.27. The molecular formula is C14H17ClFNO2. The van der Waals surface area contributed by atoms with Crippen molar-refractivity contribution >= 4 is 17.5 Å². The van der Waals surface area contributed by atoms with E-state index < -0.39 is 5.82 Å². The van der Waals surface area contributed by atoms with Crippen LogP contribution in [0.4, 0.5) is 4.39 Å². The fourth-order valence-corrected chi connectivity index (χ4v) is 2.87. The minimum Gasteiger partial charge on any atom is -0.396 e. The van der Waals surface area contributed by atoms with Crippen molar-refractivity contribution in [1.29, 1.82) is 0 Å². The van der Waals surface area contributed by atoms with Crippen molar-refractivity contribution in [2.24, 2.45) is 11.8 Å². The zero-order valence-electron chi connectivity index (χ0n) is 10.5. The van der Waals surface area contributed by atoms with Gasteiger partial charge >= 0.3 is 0 Å². The van der Waals surface area contributed by atoms with Crippen molar-refractivity contribution in [1.82, 2.24) is 5.32 Å². The van der Waals surface area contributed by atoms with Gasteiger partial charge in [0.1, 0.15) is 5.82 Å². The van der Waals surface area contributed by atoms with E-state index in [1.807, 2.05) is 0 Å². The number of hydrogen-bond acceptors (Lipinski definition) is 2. The van der Waals surface area contributed by atoms with Crippen LogP contribution in [-0.2, 0) is 0 Å². The van der Waals surface area contributed by atoms with Gasteiger partial charge in [-0.05, 0) is 42.9 Å². The van der Waals surface area contributed by atoms with Gasteiger partial charge in [-0.1, -0.05) is 18.0 Å². The molecule has 19 heavy (non-hydrogen) atoms. The highest BCUT2D eigenvalue weighted by atomic mass is 35.5. The molecule has 104 valence electrons. The number of halogens is 2. The summed E-state index contributed by atoms with van der Waals surface area (Å²) in [4.78, 5) is 11.9. The summed E-state index contributed by atoms with van der Waals surface area (Å²) >= 11 is 5.83. The molecular weight excluding hydrogens is 269 g/mol. The molecule has 1 aliphatic carbocycles. The van der Waals surface area contributed by atoms with Crippen LogP contribution in [0.3, 0.4) is 0 Å². The van der Waals surface area contributed by atoms with Gasteiger partial charge in [-0.2, -0.15) is 0 Å². The van der Waals surface area contributed by atoms with Crippen LogP contribution >= 0.6 is 11.6 Å². The predicted molar refractivity (Wildman–Crippen MR) is 71.7 cm³/mol. The molecule has 1 fully saturated rings. The first kappa shape index (κ1) is 14.3. The number of carbonyl (C=O) groups excluding carboxylic acids is 1. The number of aliphatic hydroxyl groups excluding tert-OH is 1. The number of amides is 1. The summed E-state index contributed by atoms with van der Waals surface area (Å²) in [6, 6.07) is 3.72. The smallest absolute Gasteiger partial charge is 0.252 e. The molecule has 1 amide bonds. The predicted octanol–water partition coefficient (Wildman–Crippen LogP) is 2.62. The molecule has 0 aromatic heterocycles. The van der Waals surface area contributed by atoms with E-state index in [-0.39, 0.29) is 29.0 Å². The van der Waals surface area contributed by atoms with Crippen LogP contribution in [0, 0.1) is 17.7 Å². The van der Waals surface area contributed by atoms with Gasteiger partial charge in [-0.15, -0.1) is 0 Å². The van der Waals surface area contributed by atoms with E-state index in [0.717, 1.165) is 25.3 Å². The van der Waals surface area contributed by atoms with Gasteiger partial charge in [0.2, 0.25) is 0 Å². The first-order valence-electron chi connectivity index (χ1n) is 6.46. The van der Waals surface area contributed by atoms with Gasteiger partial charge in [-0.25, -0.2) is 4.39 Å². The molecule has 0 bridgehead atoms. The van der Waals surface area contributed by atoms with Crippen LogP contribution in [0.25, 0.3) is 0 Å². The highest BCUT2D eigenvalue weighted by Crippen LogP contribution is 2.30. The van der Waals surface area contributed by atoms with Crippen LogP contribution in [0.5, 0.6) is 0 Å². The Labute approximate surface area is 116 Å². The minimum atomic E-state index is -0.460. The number of benzene rings is 1. The lowest BCUT2D eigenvalue weighted by Gasteiger charge is -2.18. The Morgan fingerprint density at radius 2 is 2.16 bits per heavy atom. The van der Waals surface area contributed by atoms with E-state index in [9.17, 15) is 14.3 Å². The average molecular weight is 286 g/mol. The lowest BCUT2D eigenvalue weighted by Crippen LogP contribution is -2.31. The molecule has 0 radical (unpaired) electrons. The van der Waals surface area contributed by atoms with Crippen LogP contribution in [0.2, 0.25) is 5.02 Å². The second kappa shape index (κ2) is 6.35. The zero-order valence-corrected chi connectivity index (χ0v) is 11.3. The van der Waals surface area contributed by atoms with E-state index in [2.05, 4.69) is 5.32 Å². The molecule has 2 unspecified atom stereocenters. The minimum absolute atomic E-state index is 0.114. The fraction of sp³-hybridized carbons (Fsp3) is 0.500. The molecule has 0 spiro atoms. The molecule has 0 heterocycles. The van der Waals surface area contributed by atoms with Gasteiger partial charge in [0.25, 0.3) is 5.91 Å².